The lowest BCUT2D eigenvalue weighted by atomic mass is 10.2. The molecule has 0 heterocycles. The van der Waals surface area contributed by atoms with Crippen LogP contribution in [0.25, 0.3) is 0 Å². The summed E-state index contributed by atoms with van der Waals surface area (Å²) in [7, 11) is 0. The predicted octanol–water partition coefficient (Wildman–Crippen LogP) is 3.82. The molecule has 5 heteroatoms. The molecule has 2 aromatic rings. The molecule has 0 spiro atoms. The van der Waals surface area contributed by atoms with Gasteiger partial charge in [0, 0.05) is 11.6 Å². The van der Waals surface area contributed by atoms with Crippen LogP contribution in [0, 0.1) is 23.3 Å². The van der Waals surface area contributed by atoms with Crippen LogP contribution in [-0.4, -0.2) is 0 Å². The summed E-state index contributed by atoms with van der Waals surface area (Å²) in [6, 6.07) is 6.36. The van der Waals surface area contributed by atoms with Gasteiger partial charge in [0.15, 0.2) is 23.2 Å². The number of halogens is 4. The van der Waals surface area contributed by atoms with Gasteiger partial charge in [0.2, 0.25) is 0 Å². The molecule has 0 N–H and O–H groups in total. The summed E-state index contributed by atoms with van der Waals surface area (Å²) in [5, 5.41) is 0. The highest BCUT2D eigenvalue weighted by atomic mass is 19.2. The zero-order valence-electron chi connectivity index (χ0n) is 9.09. The van der Waals surface area contributed by atoms with Crippen LogP contribution in [0.4, 0.5) is 17.6 Å². The van der Waals surface area contributed by atoms with Crippen molar-refractivity contribution in [2.75, 3.05) is 0 Å². The molecule has 0 saturated heterocycles. The first-order chi connectivity index (χ1) is 8.58. The monoisotopic (exact) mass is 256 g/mol. The summed E-state index contributed by atoms with van der Waals surface area (Å²) in [4.78, 5) is 0. The molecule has 18 heavy (non-hydrogen) atoms. The van der Waals surface area contributed by atoms with Crippen molar-refractivity contribution in [2.24, 2.45) is 0 Å². The van der Waals surface area contributed by atoms with Crippen LogP contribution < -0.4 is 4.74 Å². The maximum Gasteiger partial charge on any atom is 0.167 e. The number of ether oxygens (including phenoxy) is 1. The van der Waals surface area contributed by atoms with E-state index >= 15 is 0 Å². The lowest BCUT2D eigenvalue weighted by Crippen LogP contribution is -2.01. The molecule has 0 aliphatic heterocycles. The van der Waals surface area contributed by atoms with E-state index < -0.39 is 23.3 Å². The summed E-state index contributed by atoms with van der Waals surface area (Å²) in [6.07, 6.45) is 0. The third-order valence-corrected chi connectivity index (χ3v) is 2.31. The van der Waals surface area contributed by atoms with Gasteiger partial charge in [0.05, 0.1) is 0 Å². The molecule has 0 aromatic heterocycles. The Balaban J connectivity index is 2.14. The van der Waals surface area contributed by atoms with Gasteiger partial charge in [-0.25, -0.2) is 17.6 Å². The fraction of sp³-hybridized carbons (Fsp3) is 0.0769. The average molecular weight is 256 g/mol. The second-order valence-corrected chi connectivity index (χ2v) is 3.58. The molecule has 0 amide bonds. The number of hydrogen-bond donors (Lipinski definition) is 0. The predicted molar refractivity (Wildman–Crippen MR) is 57.0 cm³/mol. The molecule has 1 nitrogen and oxygen atoms in total. The molecule has 0 bridgehead atoms. The van der Waals surface area contributed by atoms with Gasteiger partial charge >= 0.3 is 0 Å². The molecule has 0 atom stereocenters. The van der Waals surface area contributed by atoms with Crippen LogP contribution in [0.1, 0.15) is 5.56 Å². The number of hydrogen-bond acceptors (Lipinski definition) is 1. The molecule has 94 valence electrons. The Bertz CT molecular complexity index is 569. The van der Waals surface area contributed by atoms with E-state index in [4.69, 9.17) is 4.74 Å². The molecule has 2 aromatic carbocycles. The normalized spacial score (nSPS) is 10.4. The minimum Gasteiger partial charge on any atom is -0.486 e. The maximum atomic E-state index is 13.3. The molecule has 0 saturated carbocycles. The van der Waals surface area contributed by atoms with Gasteiger partial charge in [-0.2, -0.15) is 0 Å². The van der Waals surface area contributed by atoms with Gasteiger partial charge in [0.25, 0.3) is 0 Å². The standard InChI is InChI=1S/C13H8F4O/c14-9-4-5-12(11(16)6-9)18-7-8-2-1-3-10(15)13(8)17/h1-6H,7H2. The Morgan fingerprint density at radius 2 is 1.67 bits per heavy atom. The van der Waals surface area contributed by atoms with Crippen molar-refractivity contribution in [2.45, 2.75) is 6.61 Å². The van der Waals surface area contributed by atoms with Crippen molar-refractivity contribution in [3.05, 3.63) is 65.2 Å². The molecule has 0 fully saturated rings. The summed E-state index contributed by atoms with van der Waals surface area (Å²) in [5.41, 5.74) is -0.0428. The van der Waals surface area contributed by atoms with Gasteiger partial charge in [0.1, 0.15) is 12.4 Å². The first-order valence-corrected chi connectivity index (χ1v) is 5.08. The molecule has 0 aliphatic carbocycles. The fourth-order valence-electron chi connectivity index (χ4n) is 1.41. The lowest BCUT2D eigenvalue weighted by Gasteiger charge is -2.08. The van der Waals surface area contributed by atoms with Crippen LogP contribution >= 0.6 is 0 Å². The van der Waals surface area contributed by atoms with Crippen LogP contribution in [0.15, 0.2) is 36.4 Å². The quantitative estimate of drug-likeness (QED) is 0.758. The van der Waals surface area contributed by atoms with E-state index in [2.05, 4.69) is 0 Å². The van der Waals surface area contributed by atoms with E-state index in [-0.39, 0.29) is 17.9 Å². The Kier molecular flexibility index (Phi) is 3.50. The largest absolute Gasteiger partial charge is 0.486 e. The van der Waals surface area contributed by atoms with E-state index in [0.29, 0.717) is 6.07 Å². The lowest BCUT2D eigenvalue weighted by molar-refractivity contribution is 0.281. The van der Waals surface area contributed by atoms with E-state index in [1.807, 2.05) is 0 Å². The summed E-state index contributed by atoms with van der Waals surface area (Å²) >= 11 is 0. The van der Waals surface area contributed by atoms with Crippen LogP contribution in [0.3, 0.4) is 0 Å². The third-order valence-electron chi connectivity index (χ3n) is 2.31. The van der Waals surface area contributed by atoms with E-state index in [9.17, 15) is 17.6 Å². The molecule has 0 radical (unpaired) electrons. The summed E-state index contributed by atoms with van der Waals surface area (Å²) in [5.74, 6) is -3.90. The van der Waals surface area contributed by atoms with Gasteiger partial charge in [-0.15, -0.1) is 0 Å². The maximum absolute atomic E-state index is 13.3. The van der Waals surface area contributed by atoms with Crippen LogP contribution in [0.5, 0.6) is 5.75 Å². The SMILES string of the molecule is Fc1ccc(OCc2cccc(F)c2F)c(F)c1. The highest BCUT2D eigenvalue weighted by molar-refractivity contribution is 5.26. The minimum absolute atomic E-state index is 0.0428. The first kappa shape index (κ1) is 12.4. The third kappa shape index (κ3) is 2.61. The Morgan fingerprint density at radius 3 is 2.39 bits per heavy atom. The Labute approximate surface area is 101 Å². The molecular formula is C13H8F4O. The van der Waals surface area contributed by atoms with Crippen molar-refractivity contribution >= 4 is 0 Å². The van der Waals surface area contributed by atoms with Crippen molar-refractivity contribution in [3.63, 3.8) is 0 Å². The Morgan fingerprint density at radius 1 is 0.889 bits per heavy atom. The zero-order chi connectivity index (χ0) is 13.1. The highest BCUT2D eigenvalue weighted by Crippen LogP contribution is 2.20. The fourth-order valence-corrected chi connectivity index (χ4v) is 1.41. The number of rotatable bonds is 3. The van der Waals surface area contributed by atoms with Crippen LogP contribution in [0.2, 0.25) is 0 Å². The van der Waals surface area contributed by atoms with Crippen LogP contribution in [-0.2, 0) is 6.61 Å². The van der Waals surface area contributed by atoms with Crippen molar-refractivity contribution in [1.82, 2.24) is 0 Å². The second-order valence-electron chi connectivity index (χ2n) is 3.58. The van der Waals surface area contributed by atoms with E-state index in [1.165, 1.54) is 12.1 Å². The Hall–Kier alpha value is -2.04. The minimum atomic E-state index is -1.04. The molecule has 0 aliphatic rings. The zero-order valence-corrected chi connectivity index (χ0v) is 9.09. The first-order valence-electron chi connectivity index (χ1n) is 5.08. The van der Waals surface area contributed by atoms with Gasteiger partial charge in [-0.1, -0.05) is 12.1 Å². The number of benzene rings is 2. The smallest absolute Gasteiger partial charge is 0.167 e. The molecule has 0 unspecified atom stereocenters. The molecular weight excluding hydrogens is 248 g/mol. The molecule has 2 rings (SSSR count). The van der Waals surface area contributed by atoms with E-state index in [0.717, 1.165) is 18.2 Å². The van der Waals surface area contributed by atoms with Crippen molar-refractivity contribution < 1.29 is 22.3 Å². The van der Waals surface area contributed by atoms with Gasteiger partial charge in [-0.05, 0) is 18.2 Å². The van der Waals surface area contributed by atoms with Crippen molar-refractivity contribution in [3.8, 4) is 5.75 Å². The summed E-state index contributed by atoms with van der Waals surface area (Å²) in [6.45, 7) is -0.341. The highest BCUT2D eigenvalue weighted by Gasteiger charge is 2.10. The van der Waals surface area contributed by atoms with Gasteiger partial charge in [-0.3, -0.25) is 0 Å². The van der Waals surface area contributed by atoms with Gasteiger partial charge < -0.3 is 4.74 Å². The van der Waals surface area contributed by atoms with E-state index in [1.54, 1.807) is 0 Å². The summed E-state index contributed by atoms with van der Waals surface area (Å²) < 4.78 is 56.9. The average Bonchev–Trinajstić information content (AvgIpc) is 2.33. The topological polar surface area (TPSA) is 9.23 Å². The van der Waals surface area contributed by atoms with Crippen molar-refractivity contribution in [1.29, 1.82) is 0 Å². The second kappa shape index (κ2) is 5.08.